The molecule has 0 amide bonds. The highest BCUT2D eigenvalue weighted by molar-refractivity contribution is 5.79. The zero-order chi connectivity index (χ0) is 11.0. The number of hydrogen-bond donors (Lipinski definition) is 1. The molecule has 0 spiro atoms. The number of nitrogens with one attached hydrogen (secondary N) is 1. The van der Waals surface area contributed by atoms with Gasteiger partial charge < -0.3 is 9.88 Å². The lowest BCUT2D eigenvalue weighted by Gasteiger charge is -2.11. The van der Waals surface area contributed by atoms with Gasteiger partial charge >= 0.3 is 5.69 Å². The van der Waals surface area contributed by atoms with Crippen molar-refractivity contribution in [2.45, 2.75) is 13.5 Å². The van der Waals surface area contributed by atoms with Gasteiger partial charge in [0.2, 0.25) is 0 Å². The first-order valence-corrected chi connectivity index (χ1v) is 5.03. The van der Waals surface area contributed by atoms with Crippen molar-refractivity contribution < 1.29 is 0 Å². The number of fused-ring (bicyclic) bond motifs is 1. The molecular weight excluding hydrogens is 190 g/mol. The minimum absolute atomic E-state index is 0.0385. The summed E-state index contributed by atoms with van der Waals surface area (Å²) < 4.78 is 1.73. The summed E-state index contributed by atoms with van der Waals surface area (Å²) in [5.74, 6) is 0. The Labute approximate surface area is 88.1 Å². The lowest BCUT2D eigenvalue weighted by atomic mass is 10.2. The van der Waals surface area contributed by atoms with Gasteiger partial charge in [0.1, 0.15) is 0 Å². The highest BCUT2D eigenvalue weighted by Crippen LogP contribution is 2.18. The fourth-order valence-corrected chi connectivity index (χ4v) is 1.74. The number of nitrogens with zero attached hydrogens (tertiary/aromatic N) is 2. The third-order valence-electron chi connectivity index (χ3n) is 2.59. The highest BCUT2D eigenvalue weighted by atomic mass is 16.1. The summed E-state index contributed by atoms with van der Waals surface area (Å²) in [4.78, 5) is 16.4. The number of rotatable bonds is 2. The van der Waals surface area contributed by atoms with Crippen LogP contribution >= 0.6 is 0 Å². The van der Waals surface area contributed by atoms with Crippen molar-refractivity contribution in [3.05, 3.63) is 28.7 Å². The monoisotopic (exact) mass is 205 g/mol. The van der Waals surface area contributed by atoms with Crippen molar-refractivity contribution in [1.82, 2.24) is 9.55 Å². The summed E-state index contributed by atoms with van der Waals surface area (Å²) in [7, 11) is 3.96. The fraction of sp³-hybridized carbons (Fsp3) is 0.364. The minimum atomic E-state index is -0.0385. The van der Waals surface area contributed by atoms with Gasteiger partial charge in [-0.2, -0.15) is 0 Å². The number of H-pyrrole nitrogens is 1. The maximum absolute atomic E-state index is 11.5. The van der Waals surface area contributed by atoms with Crippen LogP contribution in [0.4, 0.5) is 5.69 Å². The minimum Gasteiger partial charge on any atom is -0.378 e. The van der Waals surface area contributed by atoms with Crippen LogP contribution in [0.1, 0.15) is 6.92 Å². The zero-order valence-electron chi connectivity index (χ0n) is 9.24. The number of anilines is 1. The summed E-state index contributed by atoms with van der Waals surface area (Å²) in [6.45, 7) is 2.66. The first kappa shape index (κ1) is 9.83. The van der Waals surface area contributed by atoms with Crippen LogP contribution in [0.2, 0.25) is 0 Å². The SMILES string of the molecule is CCn1c(=O)[nH]c2cc(N(C)C)ccc21. The summed E-state index contributed by atoms with van der Waals surface area (Å²) in [5, 5.41) is 0. The number of imidazole rings is 1. The molecule has 80 valence electrons. The maximum Gasteiger partial charge on any atom is 0.326 e. The molecule has 1 N–H and O–H groups in total. The summed E-state index contributed by atoms with van der Waals surface area (Å²) in [5.41, 5.74) is 2.91. The molecule has 0 aliphatic heterocycles. The molecule has 1 aromatic carbocycles. The quantitative estimate of drug-likeness (QED) is 0.805. The van der Waals surface area contributed by atoms with Gasteiger partial charge in [-0.3, -0.25) is 4.57 Å². The molecule has 0 aliphatic rings. The van der Waals surface area contributed by atoms with E-state index in [4.69, 9.17) is 0 Å². The summed E-state index contributed by atoms with van der Waals surface area (Å²) in [6, 6.07) is 5.98. The molecule has 2 rings (SSSR count). The van der Waals surface area contributed by atoms with Crippen molar-refractivity contribution in [2.75, 3.05) is 19.0 Å². The molecular formula is C11H15N3O. The molecule has 1 heterocycles. The predicted molar refractivity (Wildman–Crippen MR) is 62.6 cm³/mol. The van der Waals surface area contributed by atoms with Crippen LogP contribution in [-0.4, -0.2) is 23.6 Å². The number of benzene rings is 1. The van der Waals surface area contributed by atoms with Crippen molar-refractivity contribution in [3.8, 4) is 0 Å². The summed E-state index contributed by atoms with van der Waals surface area (Å²) >= 11 is 0. The van der Waals surface area contributed by atoms with Crippen molar-refractivity contribution in [2.24, 2.45) is 0 Å². The Bertz CT molecular complexity index is 536. The van der Waals surface area contributed by atoms with Crippen LogP contribution in [-0.2, 0) is 6.54 Å². The van der Waals surface area contributed by atoms with E-state index in [0.717, 1.165) is 16.7 Å². The molecule has 0 bridgehead atoms. The maximum atomic E-state index is 11.5. The molecule has 4 nitrogen and oxygen atoms in total. The first-order valence-electron chi connectivity index (χ1n) is 5.03. The van der Waals surface area contributed by atoms with Crippen LogP contribution in [0.5, 0.6) is 0 Å². The van der Waals surface area contributed by atoms with E-state index in [0.29, 0.717) is 6.54 Å². The molecule has 0 saturated heterocycles. The molecule has 2 aromatic rings. The smallest absolute Gasteiger partial charge is 0.326 e. The molecule has 0 fully saturated rings. The second kappa shape index (κ2) is 3.46. The first-order chi connectivity index (χ1) is 7.13. The Morgan fingerprint density at radius 1 is 1.40 bits per heavy atom. The zero-order valence-corrected chi connectivity index (χ0v) is 9.24. The molecule has 0 radical (unpaired) electrons. The molecule has 4 heteroatoms. The number of aromatic amines is 1. The van der Waals surface area contributed by atoms with Crippen molar-refractivity contribution in [1.29, 1.82) is 0 Å². The van der Waals surface area contributed by atoms with Gasteiger partial charge in [0.25, 0.3) is 0 Å². The van der Waals surface area contributed by atoms with Gasteiger partial charge in [0.15, 0.2) is 0 Å². The Kier molecular flexibility index (Phi) is 2.26. The fourth-order valence-electron chi connectivity index (χ4n) is 1.74. The van der Waals surface area contributed by atoms with Crippen molar-refractivity contribution >= 4 is 16.7 Å². The Hall–Kier alpha value is -1.71. The van der Waals surface area contributed by atoms with E-state index in [1.807, 2.05) is 44.1 Å². The van der Waals surface area contributed by atoms with E-state index < -0.39 is 0 Å². The second-order valence-electron chi connectivity index (χ2n) is 3.77. The van der Waals surface area contributed by atoms with Crippen LogP contribution < -0.4 is 10.6 Å². The van der Waals surface area contributed by atoms with Crippen LogP contribution in [0, 0.1) is 0 Å². The normalized spacial score (nSPS) is 10.9. The lowest BCUT2D eigenvalue weighted by molar-refractivity contribution is 0.753. The van der Waals surface area contributed by atoms with Crippen LogP contribution in [0.3, 0.4) is 0 Å². The third-order valence-corrected chi connectivity index (χ3v) is 2.59. The molecule has 0 unspecified atom stereocenters. The van der Waals surface area contributed by atoms with Gasteiger partial charge in [-0.15, -0.1) is 0 Å². The molecule has 15 heavy (non-hydrogen) atoms. The van der Waals surface area contributed by atoms with Gasteiger partial charge in [0.05, 0.1) is 11.0 Å². The van der Waals surface area contributed by atoms with E-state index in [1.54, 1.807) is 4.57 Å². The average Bonchev–Trinajstić information content (AvgIpc) is 2.51. The standard InChI is InChI=1S/C11H15N3O/c1-4-14-10-6-5-8(13(2)3)7-9(10)12-11(14)15/h5-7H,4H2,1-3H3,(H,12,15). The van der Waals surface area contributed by atoms with E-state index in [1.165, 1.54) is 0 Å². The summed E-state index contributed by atoms with van der Waals surface area (Å²) in [6.07, 6.45) is 0. The lowest BCUT2D eigenvalue weighted by Crippen LogP contribution is -2.14. The van der Waals surface area contributed by atoms with Gasteiger partial charge in [-0.05, 0) is 25.1 Å². The largest absolute Gasteiger partial charge is 0.378 e. The second-order valence-corrected chi connectivity index (χ2v) is 3.77. The Morgan fingerprint density at radius 3 is 2.73 bits per heavy atom. The number of aryl methyl sites for hydroxylation is 1. The topological polar surface area (TPSA) is 41.0 Å². The van der Waals surface area contributed by atoms with Crippen LogP contribution in [0.15, 0.2) is 23.0 Å². The molecule has 0 atom stereocenters. The molecule has 0 aliphatic carbocycles. The van der Waals surface area contributed by atoms with Crippen LogP contribution in [0.25, 0.3) is 11.0 Å². The predicted octanol–water partition coefficient (Wildman–Crippen LogP) is 1.42. The van der Waals surface area contributed by atoms with Gasteiger partial charge in [-0.1, -0.05) is 0 Å². The van der Waals surface area contributed by atoms with Gasteiger partial charge in [0, 0.05) is 26.3 Å². The van der Waals surface area contributed by atoms with Crippen molar-refractivity contribution in [3.63, 3.8) is 0 Å². The number of aromatic nitrogens is 2. The highest BCUT2D eigenvalue weighted by Gasteiger charge is 2.05. The average molecular weight is 205 g/mol. The molecule has 1 aromatic heterocycles. The Balaban J connectivity index is 2.70. The molecule has 0 saturated carbocycles. The third kappa shape index (κ3) is 1.52. The number of hydrogen-bond acceptors (Lipinski definition) is 2. The van der Waals surface area contributed by atoms with Gasteiger partial charge in [-0.25, -0.2) is 4.79 Å². The van der Waals surface area contributed by atoms with E-state index in [-0.39, 0.29) is 5.69 Å². The Morgan fingerprint density at radius 2 is 2.13 bits per heavy atom. The van der Waals surface area contributed by atoms with E-state index in [2.05, 4.69) is 4.98 Å². The van der Waals surface area contributed by atoms with E-state index >= 15 is 0 Å². The van der Waals surface area contributed by atoms with E-state index in [9.17, 15) is 4.79 Å².